The molecule has 3 amide bonds. The van der Waals surface area contributed by atoms with Gasteiger partial charge >= 0.3 is 6.03 Å². The van der Waals surface area contributed by atoms with Gasteiger partial charge in [-0.15, -0.1) is 0 Å². The van der Waals surface area contributed by atoms with Crippen LogP contribution < -0.4 is 20.3 Å². The number of anilines is 3. The number of ether oxygens (including phenoxy) is 1. The fourth-order valence-corrected chi connectivity index (χ4v) is 3.73. The zero-order chi connectivity index (χ0) is 23.0. The lowest BCUT2D eigenvalue weighted by molar-refractivity contribution is -0.118. The standard InChI is InChI=1S/C26H28N4O3/c1-20-7-5-11-23(17-20)29-13-15-30(16-14-29)26(32)28-22-10-6-12-24(18-22)33-19-25(31)27-21-8-3-2-4-9-21/h2-12,17-18H,13-16,19H2,1H3,(H,27,31)(H,28,32). The average Bonchev–Trinajstić information content (AvgIpc) is 2.84. The highest BCUT2D eigenvalue weighted by molar-refractivity contribution is 5.92. The molecule has 0 saturated carbocycles. The van der Waals surface area contributed by atoms with E-state index in [0.29, 0.717) is 24.5 Å². The van der Waals surface area contributed by atoms with Crippen molar-refractivity contribution in [2.24, 2.45) is 0 Å². The van der Waals surface area contributed by atoms with Crippen molar-refractivity contribution in [1.29, 1.82) is 0 Å². The summed E-state index contributed by atoms with van der Waals surface area (Å²) in [5, 5.41) is 5.71. The zero-order valence-corrected chi connectivity index (χ0v) is 18.7. The van der Waals surface area contributed by atoms with Gasteiger partial charge in [-0.25, -0.2) is 4.79 Å². The van der Waals surface area contributed by atoms with E-state index in [0.717, 1.165) is 18.8 Å². The van der Waals surface area contributed by atoms with Crippen LogP contribution in [0.4, 0.5) is 21.9 Å². The minimum atomic E-state index is -0.248. The third-order valence-corrected chi connectivity index (χ3v) is 5.45. The highest BCUT2D eigenvalue weighted by Gasteiger charge is 2.21. The van der Waals surface area contributed by atoms with Crippen molar-refractivity contribution in [1.82, 2.24) is 4.90 Å². The Bertz CT molecular complexity index is 1100. The van der Waals surface area contributed by atoms with Crippen molar-refractivity contribution in [3.05, 3.63) is 84.4 Å². The Morgan fingerprint density at radius 1 is 0.818 bits per heavy atom. The van der Waals surface area contributed by atoms with Gasteiger partial charge in [0.2, 0.25) is 0 Å². The minimum absolute atomic E-state index is 0.118. The van der Waals surface area contributed by atoms with Gasteiger partial charge in [0.05, 0.1) is 0 Å². The number of piperazine rings is 1. The average molecular weight is 445 g/mol. The lowest BCUT2D eigenvalue weighted by Gasteiger charge is -2.36. The Morgan fingerprint density at radius 2 is 1.55 bits per heavy atom. The van der Waals surface area contributed by atoms with Crippen LogP contribution in [-0.4, -0.2) is 49.6 Å². The van der Waals surface area contributed by atoms with Crippen LogP contribution in [0.3, 0.4) is 0 Å². The maximum Gasteiger partial charge on any atom is 0.321 e. The molecule has 7 heteroatoms. The monoisotopic (exact) mass is 444 g/mol. The number of nitrogens with one attached hydrogen (secondary N) is 2. The summed E-state index contributed by atoms with van der Waals surface area (Å²) in [6.45, 7) is 4.84. The number of carbonyl (C=O) groups excluding carboxylic acids is 2. The van der Waals surface area contributed by atoms with Crippen LogP contribution in [0.1, 0.15) is 5.56 Å². The first kappa shape index (κ1) is 22.2. The van der Waals surface area contributed by atoms with E-state index < -0.39 is 0 Å². The van der Waals surface area contributed by atoms with E-state index in [4.69, 9.17) is 4.74 Å². The van der Waals surface area contributed by atoms with Gasteiger partial charge in [-0.3, -0.25) is 4.79 Å². The molecule has 0 atom stereocenters. The van der Waals surface area contributed by atoms with Crippen molar-refractivity contribution in [3.8, 4) is 5.75 Å². The molecule has 170 valence electrons. The number of hydrogen-bond acceptors (Lipinski definition) is 4. The number of para-hydroxylation sites is 1. The second-order valence-corrected chi connectivity index (χ2v) is 7.97. The van der Waals surface area contributed by atoms with Gasteiger partial charge in [-0.2, -0.15) is 0 Å². The van der Waals surface area contributed by atoms with Gasteiger partial charge in [-0.05, 0) is 48.9 Å². The molecular formula is C26H28N4O3. The number of rotatable bonds is 6. The summed E-state index contributed by atoms with van der Waals surface area (Å²) in [6, 6.07) is 24.6. The van der Waals surface area contributed by atoms with Crippen LogP contribution in [0, 0.1) is 6.92 Å². The van der Waals surface area contributed by atoms with Crippen molar-refractivity contribution >= 4 is 29.0 Å². The van der Waals surface area contributed by atoms with Crippen LogP contribution in [-0.2, 0) is 4.79 Å². The summed E-state index contributed by atoms with van der Waals surface area (Å²) in [5.74, 6) is 0.266. The van der Waals surface area contributed by atoms with Gasteiger partial charge in [0, 0.05) is 49.3 Å². The second kappa shape index (κ2) is 10.5. The summed E-state index contributed by atoms with van der Waals surface area (Å²) in [7, 11) is 0. The Kier molecular flexibility index (Phi) is 7.09. The number of hydrogen-bond donors (Lipinski definition) is 2. The molecule has 2 N–H and O–H groups in total. The maximum atomic E-state index is 12.7. The summed E-state index contributed by atoms with van der Waals surface area (Å²) in [6.07, 6.45) is 0. The first-order chi connectivity index (χ1) is 16.1. The Morgan fingerprint density at radius 3 is 2.30 bits per heavy atom. The third kappa shape index (κ3) is 6.26. The van der Waals surface area contributed by atoms with E-state index >= 15 is 0 Å². The van der Waals surface area contributed by atoms with Crippen molar-refractivity contribution in [3.63, 3.8) is 0 Å². The van der Waals surface area contributed by atoms with E-state index in [1.165, 1.54) is 11.3 Å². The molecule has 1 aliphatic rings. The molecule has 0 aliphatic carbocycles. The largest absolute Gasteiger partial charge is 0.484 e. The fraction of sp³-hybridized carbons (Fsp3) is 0.231. The number of benzene rings is 3. The maximum absolute atomic E-state index is 12.7. The van der Waals surface area contributed by atoms with Gasteiger partial charge in [0.1, 0.15) is 5.75 Å². The number of nitrogens with zero attached hydrogens (tertiary/aromatic N) is 2. The first-order valence-corrected chi connectivity index (χ1v) is 11.0. The second-order valence-electron chi connectivity index (χ2n) is 7.97. The number of amides is 3. The van der Waals surface area contributed by atoms with Crippen molar-refractivity contribution < 1.29 is 14.3 Å². The summed E-state index contributed by atoms with van der Waals surface area (Å²) in [5.41, 5.74) is 3.76. The number of carbonyl (C=O) groups is 2. The Balaban J connectivity index is 1.26. The lowest BCUT2D eigenvalue weighted by atomic mass is 10.2. The molecule has 33 heavy (non-hydrogen) atoms. The van der Waals surface area contributed by atoms with Crippen LogP contribution in [0.5, 0.6) is 5.75 Å². The molecule has 7 nitrogen and oxygen atoms in total. The molecule has 1 fully saturated rings. The van der Waals surface area contributed by atoms with E-state index in [1.807, 2.05) is 35.2 Å². The van der Waals surface area contributed by atoms with Crippen LogP contribution >= 0.6 is 0 Å². The molecule has 0 bridgehead atoms. The van der Waals surface area contributed by atoms with Crippen LogP contribution in [0.15, 0.2) is 78.9 Å². The van der Waals surface area contributed by atoms with Crippen LogP contribution in [0.25, 0.3) is 0 Å². The first-order valence-electron chi connectivity index (χ1n) is 11.0. The lowest BCUT2D eigenvalue weighted by Crippen LogP contribution is -2.50. The van der Waals surface area contributed by atoms with E-state index in [2.05, 4.69) is 46.7 Å². The molecule has 3 aromatic rings. The van der Waals surface area contributed by atoms with E-state index in [1.54, 1.807) is 24.3 Å². The van der Waals surface area contributed by atoms with Crippen molar-refractivity contribution in [2.75, 3.05) is 48.3 Å². The summed E-state index contributed by atoms with van der Waals surface area (Å²) < 4.78 is 5.60. The fourth-order valence-electron chi connectivity index (χ4n) is 3.73. The van der Waals surface area contributed by atoms with Crippen LogP contribution in [0.2, 0.25) is 0 Å². The van der Waals surface area contributed by atoms with Gasteiger partial charge < -0.3 is 25.2 Å². The number of aryl methyl sites for hydroxylation is 1. The molecule has 1 saturated heterocycles. The SMILES string of the molecule is Cc1cccc(N2CCN(C(=O)Nc3cccc(OCC(=O)Nc4ccccc4)c3)CC2)c1. The topological polar surface area (TPSA) is 73.9 Å². The predicted molar refractivity (Wildman–Crippen MR) is 131 cm³/mol. The molecule has 0 unspecified atom stereocenters. The molecule has 0 spiro atoms. The summed E-state index contributed by atoms with van der Waals surface area (Å²) in [4.78, 5) is 28.9. The van der Waals surface area contributed by atoms with E-state index in [9.17, 15) is 9.59 Å². The molecule has 4 rings (SSSR count). The molecule has 1 heterocycles. The Labute approximate surface area is 194 Å². The van der Waals surface area contributed by atoms with Gasteiger partial charge in [0.25, 0.3) is 5.91 Å². The molecule has 0 aromatic heterocycles. The minimum Gasteiger partial charge on any atom is -0.484 e. The Hall–Kier alpha value is -4.00. The van der Waals surface area contributed by atoms with Gasteiger partial charge in [0.15, 0.2) is 6.61 Å². The molecular weight excluding hydrogens is 416 g/mol. The predicted octanol–water partition coefficient (Wildman–Crippen LogP) is 4.37. The van der Waals surface area contributed by atoms with Gasteiger partial charge in [-0.1, -0.05) is 36.4 Å². The smallest absolute Gasteiger partial charge is 0.321 e. The summed E-state index contributed by atoms with van der Waals surface area (Å²) >= 11 is 0. The molecule has 0 radical (unpaired) electrons. The van der Waals surface area contributed by atoms with E-state index in [-0.39, 0.29) is 18.5 Å². The normalized spacial score (nSPS) is 13.4. The molecule has 1 aliphatic heterocycles. The highest BCUT2D eigenvalue weighted by atomic mass is 16.5. The zero-order valence-electron chi connectivity index (χ0n) is 18.7. The third-order valence-electron chi connectivity index (χ3n) is 5.45. The molecule has 3 aromatic carbocycles. The highest BCUT2D eigenvalue weighted by Crippen LogP contribution is 2.20. The quantitative estimate of drug-likeness (QED) is 0.592. The number of urea groups is 1. The van der Waals surface area contributed by atoms with Crippen molar-refractivity contribution in [2.45, 2.75) is 6.92 Å².